The third-order valence-electron chi connectivity index (χ3n) is 3.33. The monoisotopic (exact) mass is 321 g/mol. The quantitative estimate of drug-likeness (QED) is 0.550. The van der Waals surface area contributed by atoms with Crippen molar-refractivity contribution in [1.29, 1.82) is 0 Å². The smallest absolute Gasteiger partial charge is 0.295 e. The highest BCUT2D eigenvalue weighted by molar-refractivity contribution is 5.46. The van der Waals surface area contributed by atoms with Crippen molar-refractivity contribution >= 4 is 0 Å². The first-order valence-corrected chi connectivity index (χ1v) is 7.11. The van der Waals surface area contributed by atoms with Gasteiger partial charge >= 0.3 is 5.76 Å². The predicted molar refractivity (Wildman–Crippen MR) is 82.3 cm³/mol. The van der Waals surface area contributed by atoms with E-state index in [1.54, 1.807) is 6.20 Å². The van der Waals surface area contributed by atoms with E-state index in [-0.39, 0.29) is 6.54 Å². The Labute approximate surface area is 135 Å². The van der Waals surface area contributed by atoms with Gasteiger partial charge in [-0.3, -0.25) is 9.51 Å². The Bertz CT molecular complexity index is 1010. The lowest BCUT2D eigenvalue weighted by molar-refractivity contribution is 0.378. The van der Waals surface area contributed by atoms with Gasteiger partial charge in [0.2, 0.25) is 5.82 Å². The van der Waals surface area contributed by atoms with Crippen LogP contribution >= 0.6 is 0 Å². The molecule has 0 N–H and O–H groups in total. The Kier molecular flexibility index (Phi) is 3.43. The summed E-state index contributed by atoms with van der Waals surface area (Å²) in [7, 11) is 0. The summed E-state index contributed by atoms with van der Waals surface area (Å²) in [5.74, 6) is -0.299. The molecular formula is C15H11N7O2. The van der Waals surface area contributed by atoms with Crippen molar-refractivity contribution in [2.75, 3.05) is 0 Å². The molecule has 0 aliphatic heterocycles. The second-order valence-electron chi connectivity index (χ2n) is 4.91. The highest BCUT2D eigenvalue weighted by atomic mass is 16.5. The maximum absolute atomic E-state index is 11.9. The molecule has 118 valence electrons. The molecule has 0 aliphatic carbocycles. The van der Waals surface area contributed by atoms with Gasteiger partial charge in [-0.05, 0) is 12.1 Å². The van der Waals surface area contributed by atoms with E-state index in [1.807, 2.05) is 30.3 Å². The van der Waals surface area contributed by atoms with E-state index >= 15 is 0 Å². The molecule has 0 saturated heterocycles. The van der Waals surface area contributed by atoms with E-state index in [1.165, 1.54) is 28.0 Å². The Morgan fingerprint density at radius 3 is 2.75 bits per heavy atom. The fourth-order valence-corrected chi connectivity index (χ4v) is 2.22. The normalized spacial score (nSPS) is 10.8. The van der Waals surface area contributed by atoms with Crippen LogP contribution in [0.3, 0.4) is 0 Å². The summed E-state index contributed by atoms with van der Waals surface area (Å²) in [6, 6.07) is 9.49. The Balaban J connectivity index is 1.67. The van der Waals surface area contributed by atoms with Crippen molar-refractivity contribution in [2.45, 2.75) is 6.54 Å². The van der Waals surface area contributed by atoms with Crippen molar-refractivity contribution in [1.82, 2.24) is 34.7 Å². The van der Waals surface area contributed by atoms with E-state index in [2.05, 4.69) is 25.3 Å². The molecule has 24 heavy (non-hydrogen) atoms. The van der Waals surface area contributed by atoms with E-state index in [0.717, 1.165) is 5.69 Å². The van der Waals surface area contributed by atoms with Crippen LogP contribution in [-0.4, -0.2) is 34.7 Å². The summed E-state index contributed by atoms with van der Waals surface area (Å²) in [5.41, 5.74) is 1.86. The van der Waals surface area contributed by atoms with Crippen molar-refractivity contribution < 1.29 is 4.52 Å². The lowest BCUT2D eigenvalue weighted by Crippen LogP contribution is -2.17. The van der Waals surface area contributed by atoms with Crippen LogP contribution in [0.5, 0.6) is 0 Å². The number of hydrogen-bond donors (Lipinski definition) is 0. The summed E-state index contributed by atoms with van der Waals surface area (Å²) in [6.07, 6.45) is 6.16. The van der Waals surface area contributed by atoms with Crippen molar-refractivity contribution in [3.63, 3.8) is 0 Å². The van der Waals surface area contributed by atoms with Crippen LogP contribution in [-0.2, 0) is 6.54 Å². The number of para-hydroxylation sites is 1. The predicted octanol–water partition coefficient (Wildman–Crippen LogP) is 0.922. The molecule has 4 rings (SSSR count). The average molecular weight is 321 g/mol. The SMILES string of the molecule is O=c1onc(-c2cnccn2)n1Cc1cnn(-c2ccccc2)n1. The van der Waals surface area contributed by atoms with Gasteiger partial charge in [0.1, 0.15) is 11.4 Å². The standard InChI is InChI=1S/C15H11N7O2/c23-15-21(14(20-24-15)13-9-16-6-7-17-13)10-11-8-18-22(19-11)12-4-2-1-3-5-12/h1-9H,10H2. The van der Waals surface area contributed by atoms with Gasteiger partial charge in [0.05, 0.1) is 24.6 Å². The van der Waals surface area contributed by atoms with Crippen LogP contribution in [0.4, 0.5) is 0 Å². The molecule has 0 spiro atoms. The highest BCUT2D eigenvalue weighted by Gasteiger charge is 2.16. The molecule has 9 nitrogen and oxygen atoms in total. The molecule has 0 fully saturated rings. The van der Waals surface area contributed by atoms with E-state index in [4.69, 9.17) is 4.52 Å². The van der Waals surface area contributed by atoms with E-state index in [0.29, 0.717) is 17.2 Å². The van der Waals surface area contributed by atoms with Crippen LogP contribution in [0.1, 0.15) is 5.69 Å². The molecule has 0 atom stereocenters. The number of hydrogen-bond acceptors (Lipinski definition) is 7. The second kappa shape index (κ2) is 5.88. The first-order chi connectivity index (χ1) is 11.8. The molecule has 0 radical (unpaired) electrons. The van der Waals surface area contributed by atoms with Crippen molar-refractivity contribution in [3.05, 3.63) is 71.4 Å². The minimum atomic E-state index is -0.593. The highest BCUT2D eigenvalue weighted by Crippen LogP contribution is 2.12. The Morgan fingerprint density at radius 1 is 1.08 bits per heavy atom. The van der Waals surface area contributed by atoms with Gasteiger partial charge in [0.15, 0.2) is 0 Å². The molecule has 9 heteroatoms. The third-order valence-corrected chi connectivity index (χ3v) is 3.33. The molecule has 0 bridgehead atoms. The topological polar surface area (TPSA) is 105 Å². The number of nitrogens with zero attached hydrogens (tertiary/aromatic N) is 7. The van der Waals surface area contributed by atoms with Gasteiger partial charge in [-0.15, -0.1) is 0 Å². The van der Waals surface area contributed by atoms with Gasteiger partial charge < -0.3 is 0 Å². The van der Waals surface area contributed by atoms with Gasteiger partial charge in [-0.2, -0.15) is 15.0 Å². The first kappa shape index (κ1) is 14.0. The summed E-state index contributed by atoms with van der Waals surface area (Å²) in [5, 5.41) is 12.3. The average Bonchev–Trinajstić information content (AvgIpc) is 3.25. The lowest BCUT2D eigenvalue weighted by atomic mass is 10.3. The maximum atomic E-state index is 11.9. The largest absolute Gasteiger partial charge is 0.442 e. The summed E-state index contributed by atoms with van der Waals surface area (Å²) >= 11 is 0. The molecular weight excluding hydrogens is 310 g/mol. The van der Waals surface area contributed by atoms with Gasteiger partial charge in [0.25, 0.3) is 0 Å². The van der Waals surface area contributed by atoms with Crippen molar-refractivity contribution in [2.24, 2.45) is 0 Å². The second-order valence-corrected chi connectivity index (χ2v) is 4.91. The van der Waals surface area contributed by atoms with Crippen LogP contribution < -0.4 is 5.76 Å². The number of benzene rings is 1. The Morgan fingerprint density at radius 2 is 1.96 bits per heavy atom. The molecule has 0 unspecified atom stereocenters. The van der Waals surface area contributed by atoms with Crippen LogP contribution in [0.2, 0.25) is 0 Å². The van der Waals surface area contributed by atoms with E-state index < -0.39 is 5.76 Å². The minimum absolute atomic E-state index is 0.168. The number of aromatic nitrogens is 7. The molecule has 0 amide bonds. The molecule has 3 heterocycles. The zero-order valence-electron chi connectivity index (χ0n) is 12.4. The zero-order chi connectivity index (χ0) is 16.4. The van der Waals surface area contributed by atoms with Gasteiger partial charge in [-0.1, -0.05) is 23.4 Å². The summed E-state index contributed by atoms with van der Waals surface area (Å²) < 4.78 is 6.09. The minimum Gasteiger partial charge on any atom is -0.295 e. The van der Waals surface area contributed by atoms with Crippen LogP contribution in [0, 0.1) is 0 Å². The van der Waals surface area contributed by atoms with Crippen LogP contribution in [0.15, 0.2) is 64.4 Å². The molecule has 0 saturated carbocycles. The van der Waals surface area contributed by atoms with Crippen molar-refractivity contribution in [3.8, 4) is 17.2 Å². The summed E-state index contributed by atoms with van der Waals surface area (Å²) in [4.78, 5) is 21.5. The third kappa shape index (κ3) is 2.58. The number of rotatable bonds is 4. The molecule has 4 aromatic rings. The Hall–Kier alpha value is -3.62. The summed E-state index contributed by atoms with van der Waals surface area (Å²) in [6.45, 7) is 0.168. The fourth-order valence-electron chi connectivity index (χ4n) is 2.22. The lowest BCUT2D eigenvalue weighted by Gasteiger charge is -2.01. The zero-order valence-corrected chi connectivity index (χ0v) is 12.4. The first-order valence-electron chi connectivity index (χ1n) is 7.11. The maximum Gasteiger partial charge on any atom is 0.442 e. The fraction of sp³-hybridized carbons (Fsp3) is 0.0667. The van der Waals surface area contributed by atoms with Gasteiger partial charge in [0, 0.05) is 12.4 Å². The molecule has 1 aromatic carbocycles. The van der Waals surface area contributed by atoms with Gasteiger partial charge in [-0.25, -0.2) is 14.3 Å². The van der Waals surface area contributed by atoms with E-state index in [9.17, 15) is 4.79 Å². The molecule has 3 aromatic heterocycles. The van der Waals surface area contributed by atoms with Crippen LogP contribution in [0.25, 0.3) is 17.2 Å². The molecule has 0 aliphatic rings.